The van der Waals surface area contributed by atoms with Crippen LogP contribution in [-0.2, 0) is 13.6 Å². The second-order valence-electron chi connectivity index (χ2n) is 6.12. The summed E-state index contributed by atoms with van der Waals surface area (Å²) >= 11 is 0. The number of methoxy groups -OCH3 is 1. The maximum Gasteiger partial charge on any atom is 0.371 e. The molecule has 2 rings (SSSR count). The van der Waals surface area contributed by atoms with Crippen molar-refractivity contribution >= 4 is 8.56 Å². The van der Waals surface area contributed by atoms with Crippen molar-refractivity contribution in [2.45, 2.75) is 49.8 Å². The van der Waals surface area contributed by atoms with Crippen molar-refractivity contribution in [2.24, 2.45) is 0 Å². The fraction of sp³-hybridized carbons (Fsp3) is 0.647. The summed E-state index contributed by atoms with van der Waals surface area (Å²) in [5.41, 5.74) is 0.493. The molecular formula is C17H26F2O3Si. The van der Waals surface area contributed by atoms with E-state index in [1.807, 2.05) is 0 Å². The van der Waals surface area contributed by atoms with Crippen molar-refractivity contribution in [1.29, 1.82) is 0 Å². The minimum absolute atomic E-state index is 0.201. The van der Waals surface area contributed by atoms with Crippen LogP contribution < -0.4 is 0 Å². The van der Waals surface area contributed by atoms with E-state index in [0.717, 1.165) is 37.8 Å². The Hall–Kier alpha value is -0.823. The van der Waals surface area contributed by atoms with Crippen molar-refractivity contribution in [3.05, 3.63) is 35.4 Å². The zero-order valence-electron chi connectivity index (χ0n) is 14.3. The second kappa shape index (κ2) is 7.38. The highest BCUT2D eigenvalue weighted by molar-refractivity contribution is 6.71. The predicted molar refractivity (Wildman–Crippen MR) is 87.6 cm³/mol. The normalized spacial score (nSPS) is 27.1. The molecule has 23 heavy (non-hydrogen) atoms. The van der Waals surface area contributed by atoms with Gasteiger partial charge in [0.25, 0.3) is 0 Å². The summed E-state index contributed by atoms with van der Waals surface area (Å²) in [6.07, 6.45) is 3.25. The Morgan fingerprint density at radius 3 is 2.43 bits per heavy atom. The van der Waals surface area contributed by atoms with Gasteiger partial charge in [-0.05, 0) is 30.5 Å². The van der Waals surface area contributed by atoms with Crippen molar-refractivity contribution in [2.75, 3.05) is 21.3 Å². The molecule has 1 aliphatic heterocycles. The van der Waals surface area contributed by atoms with Crippen LogP contribution in [0.2, 0.25) is 6.04 Å². The second-order valence-corrected chi connectivity index (χ2v) is 9.78. The first kappa shape index (κ1) is 18.5. The number of halogens is 2. The summed E-state index contributed by atoms with van der Waals surface area (Å²) in [5, 5.41) is -0.678. The molecule has 1 fully saturated rings. The molecule has 0 amide bonds. The Morgan fingerprint density at radius 1 is 1.22 bits per heavy atom. The lowest BCUT2D eigenvalue weighted by atomic mass is 9.85. The molecule has 1 aliphatic rings. The molecule has 1 aromatic rings. The highest BCUT2D eigenvalue weighted by Crippen LogP contribution is 2.51. The SMILES string of the molecule is CCCC1(OC)C(c2ccc(F)cc2F)CCC[Si]1(OC)OC. The highest BCUT2D eigenvalue weighted by Gasteiger charge is 2.63. The summed E-state index contributed by atoms with van der Waals surface area (Å²) < 4.78 is 45.6. The fourth-order valence-electron chi connectivity index (χ4n) is 4.21. The van der Waals surface area contributed by atoms with Gasteiger partial charge >= 0.3 is 8.56 Å². The van der Waals surface area contributed by atoms with Gasteiger partial charge < -0.3 is 13.6 Å². The van der Waals surface area contributed by atoms with E-state index in [-0.39, 0.29) is 5.92 Å². The molecule has 1 aromatic carbocycles. The molecule has 3 nitrogen and oxygen atoms in total. The van der Waals surface area contributed by atoms with Crippen molar-refractivity contribution in [3.63, 3.8) is 0 Å². The van der Waals surface area contributed by atoms with Gasteiger partial charge in [0.2, 0.25) is 0 Å². The van der Waals surface area contributed by atoms with Gasteiger partial charge in [-0.15, -0.1) is 0 Å². The summed E-state index contributed by atoms with van der Waals surface area (Å²) in [5.74, 6) is -1.29. The van der Waals surface area contributed by atoms with E-state index < -0.39 is 25.4 Å². The van der Waals surface area contributed by atoms with Crippen molar-refractivity contribution in [1.82, 2.24) is 0 Å². The maximum atomic E-state index is 14.5. The molecule has 130 valence electrons. The fourth-order valence-corrected chi connectivity index (χ4v) is 8.34. The van der Waals surface area contributed by atoms with Crippen LogP contribution in [0.1, 0.15) is 44.1 Å². The molecule has 0 aliphatic carbocycles. The van der Waals surface area contributed by atoms with Gasteiger partial charge in [-0.2, -0.15) is 0 Å². The van der Waals surface area contributed by atoms with Crippen LogP contribution in [0.15, 0.2) is 18.2 Å². The summed E-state index contributed by atoms with van der Waals surface area (Å²) in [7, 11) is 2.26. The lowest BCUT2D eigenvalue weighted by molar-refractivity contribution is -0.0309. The van der Waals surface area contributed by atoms with Crippen LogP contribution >= 0.6 is 0 Å². The third-order valence-electron chi connectivity index (χ3n) is 5.19. The van der Waals surface area contributed by atoms with E-state index in [9.17, 15) is 8.78 Å². The number of hydrogen-bond donors (Lipinski definition) is 0. The third kappa shape index (κ3) is 2.97. The maximum absolute atomic E-state index is 14.5. The van der Waals surface area contributed by atoms with Gasteiger partial charge in [-0.3, -0.25) is 0 Å². The third-order valence-corrected chi connectivity index (χ3v) is 9.61. The van der Waals surface area contributed by atoms with Crippen molar-refractivity contribution < 1.29 is 22.4 Å². The summed E-state index contributed by atoms with van der Waals surface area (Å²) in [6.45, 7) is 2.07. The molecule has 1 heterocycles. The first-order valence-corrected chi connectivity index (χ1v) is 10.1. The van der Waals surface area contributed by atoms with Crippen LogP contribution in [0, 0.1) is 11.6 Å². The van der Waals surface area contributed by atoms with Crippen molar-refractivity contribution in [3.8, 4) is 0 Å². The smallest absolute Gasteiger partial charge is 0.371 e. The van der Waals surface area contributed by atoms with E-state index in [1.165, 1.54) is 12.1 Å². The molecule has 0 saturated carbocycles. The first-order valence-electron chi connectivity index (χ1n) is 8.10. The zero-order valence-corrected chi connectivity index (χ0v) is 15.3. The van der Waals surface area contributed by atoms with E-state index in [1.54, 1.807) is 21.3 Å². The largest absolute Gasteiger partial charge is 0.396 e. The minimum Gasteiger partial charge on any atom is -0.396 e. The molecule has 0 bridgehead atoms. The Bertz CT molecular complexity index is 537. The molecular weight excluding hydrogens is 318 g/mol. The average molecular weight is 344 g/mol. The van der Waals surface area contributed by atoms with Crippen LogP contribution in [0.4, 0.5) is 8.78 Å². The lowest BCUT2D eigenvalue weighted by Gasteiger charge is -2.52. The Morgan fingerprint density at radius 2 is 1.91 bits per heavy atom. The Balaban J connectivity index is 2.59. The minimum atomic E-state index is -2.70. The van der Waals surface area contributed by atoms with Gasteiger partial charge in [0.05, 0.1) is 0 Å². The molecule has 0 spiro atoms. The molecule has 0 aromatic heterocycles. The number of hydrogen-bond acceptors (Lipinski definition) is 3. The molecule has 0 radical (unpaired) electrons. The number of ether oxygens (including phenoxy) is 1. The molecule has 6 heteroatoms. The van der Waals surface area contributed by atoms with Crippen LogP contribution in [0.3, 0.4) is 0 Å². The monoisotopic (exact) mass is 344 g/mol. The molecule has 0 N–H and O–H groups in total. The topological polar surface area (TPSA) is 27.7 Å². The zero-order chi connectivity index (χ0) is 17.1. The Kier molecular flexibility index (Phi) is 5.94. The lowest BCUT2D eigenvalue weighted by Crippen LogP contribution is -2.67. The quantitative estimate of drug-likeness (QED) is 0.720. The summed E-state index contributed by atoms with van der Waals surface area (Å²) in [4.78, 5) is 0. The van der Waals surface area contributed by atoms with Gasteiger partial charge in [0.15, 0.2) is 0 Å². The highest BCUT2D eigenvalue weighted by atomic mass is 28.4. The van der Waals surface area contributed by atoms with E-state index in [4.69, 9.17) is 13.6 Å². The van der Waals surface area contributed by atoms with Crippen LogP contribution in [-0.4, -0.2) is 35.1 Å². The molecule has 2 atom stereocenters. The average Bonchev–Trinajstić information content (AvgIpc) is 2.55. The van der Waals surface area contributed by atoms with E-state index in [2.05, 4.69) is 6.92 Å². The first-order chi connectivity index (χ1) is 11.0. The predicted octanol–water partition coefficient (Wildman–Crippen LogP) is 4.30. The van der Waals surface area contributed by atoms with Gasteiger partial charge in [0.1, 0.15) is 16.9 Å². The van der Waals surface area contributed by atoms with Gasteiger partial charge in [-0.25, -0.2) is 8.78 Å². The van der Waals surface area contributed by atoms with E-state index in [0.29, 0.717) is 5.56 Å². The molecule has 1 saturated heterocycles. The Labute approximate surface area is 138 Å². The number of benzene rings is 1. The van der Waals surface area contributed by atoms with E-state index >= 15 is 0 Å². The number of rotatable bonds is 6. The summed E-state index contributed by atoms with van der Waals surface area (Å²) in [6, 6.07) is 4.60. The van der Waals surface area contributed by atoms with Crippen LogP contribution in [0.5, 0.6) is 0 Å². The van der Waals surface area contributed by atoms with Gasteiger partial charge in [-0.1, -0.05) is 25.8 Å². The van der Waals surface area contributed by atoms with Crippen LogP contribution in [0.25, 0.3) is 0 Å². The van der Waals surface area contributed by atoms with Gasteiger partial charge in [0, 0.05) is 33.3 Å². The standard InChI is InChI=1S/C17H26F2O3Si/c1-5-10-17(20-2)15(7-6-11-23(17,21-3)22-4)14-9-8-13(18)12-16(14)19/h8-9,12,15H,5-7,10-11H2,1-4H3. The molecule has 2 unspecified atom stereocenters.